The second kappa shape index (κ2) is 14.2. The minimum Gasteiger partial charge on any atom is -0.508 e. The first-order valence-corrected chi connectivity index (χ1v) is 14.4. The lowest BCUT2D eigenvalue weighted by atomic mass is 10.0. The third-order valence-electron chi connectivity index (χ3n) is 7.59. The van der Waals surface area contributed by atoms with Crippen LogP contribution in [0.4, 0.5) is 0 Å². The van der Waals surface area contributed by atoms with E-state index in [4.69, 9.17) is 16.2 Å². The smallest absolute Gasteiger partial charge is 0.245 e. The van der Waals surface area contributed by atoms with Crippen molar-refractivity contribution in [2.24, 2.45) is 11.5 Å². The number of hydrogen-bond donors (Lipinski definition) is 5. The number of nitrogens with two attached hydrogens (primary N) is 2. The first-order valence-electron chi connectivity index (χ1n) is 14.4. The molecule has 4 rings (SSSR count). The Balaban J connectivity index is 1.52. The molecule has 7 N–H and O–H groups in total. The predicted molar refractivity (Wildman–Crippen MR) is 164 cm³/mol. The quantitative estimate of drug-likeness (QED) is 0.207. The zero-order valence-electron chi connectivity index (χ0n) is 24.8. The molecule has 0 unspecified atom stereocenters. The van der Waals surface area contributed by atoms with E-state index >= 15 is 0 Å². The molecule has 3 aromatic rings. The van der Waals surface area contributed by atoms with E-state index in [0.29, 0.717) is 0 Å². The number of phenols is 1. The average Bonchev–Trinajstić information content (AvgIpc) is 3.32. The first-order chi connectivity index (χ1) is 20.9. The second-order valence-corrected chi connectivity index (χ2v) is 11.4. The molecule has 0 bridgehead atoms. The molecule has 11 heteroatoms. The lowest BCUT2D eigenvalue weighted by Gasteiger charge is -2.35. The molecule has 4 atom stereocenters. The Labute approximate surface area is 256 Å². The van der Waals surface area contributed by atoms with E-state index in [1.54, 1.807) is 26.0 Å². The predicted octanol–water partition coefficient (Wildman–Crippen LogP) is 1.17. The third kappa shape index (κ3) is 8.21. The molecule has 0 aliphatic carbocycles. The van der Waals surface area contributed by atoms with Crippen LogP contribution in [0.5, 0.6) is 5.75 Å². The number of phenolic OH excluding ortho intramolecular Hbond substituents is 1. The number of carbonyl (C=O) groups excluding carboxylic acids is 4. The van der Waals surface area contributed by atoms with E-state index in [9.17, 15) is 24.3 Å². The molecular formula is C33H39N5O6. The summed E-state index contributed by atoms with van der Waals surface area (Å²) < 4.78 is 5.84. The summed E-state index contributed by atoms with van der Waals surface area (Å²) in [6, 6.07) is 20.4. The summed E-state index contributed by atoms with van der Waals surface area (Å²) in [4.78, 5) is 54.6. The van der Waals surface area contributed by atoms with E-state index in [2.05, 4.69) is 10.6 Å². The molecule has 0 saturated carbocycles. The summed E-state index contributed by atoms with van der Waals surface area (Å²) in [5.41, 5.74) is 13.1. The Morgan fingerprint density at radius 1 is 0.841 bits per heavy atom. The average molecular weight is 602 g/mol. The van der Waals surface area contributed by atoms with Gasteiger partial charge in [0.25, 0.3) is 0 Å². The number of rotatable bonds is 12. The fraction of sp³-hybridized carbons (Fsp3) is 0.333. The fourth-order valence-electron chi connectivity index (χ4n) is 5.24. The Bertz CT molecular complexity index is 1450. The Hall–Kier alpha value is -4.74. The number of ether oxygens (including phenoxy) is 1. The van der Waals surface area contributed by atoms with Gasteiger partial charge < -0.3 is 31.9 Å². The third-order valence-corrected chi connectivity index (χ3v) is 7.59. The molecule has 1 aliphatic rings. The molecule has 1 heterocycles. The van der Waals surface area contributed by atoms with Crippen LogP contribution in [0.1, 0.15) is 30.5 Å². The van der Waals surface area contributed by atoms with Crippen LogP contribution in [0.25, 0.3) is 0 Å². The second-order valence-electron chi connectivity index (χ2n) is 11.4. The van der Waals surface area contributed by atoms with E-state index in [1.165, 1.54) is 17.0 Å². The molecule has 4 amide bonds. The SMILES string of the molecule is CC1(C)OC[C@@H](C(=O)N[C@@H](Cc2ccccc2)C(=O)N[C@@H](Cc2ccccc2)C(N)=O)N1C(=O)[C@@H](N)Cc1ccc(O)cc1. The zero-order chi connectivity index (χ0) is 31.9. The topological polar surface area (TPSA) is 177 Å². The van der Waals surface area contributed by atoms with Crippen molar-refractivity contribution in [3.8, 4) is 5.75 Å². The van der Waals surface area contributed by atoms with Gasteiger partial charge >= 0.3 is 0 Å². The highest BCUT2D eigenvalue weighted by atomic mass is 16.5. The minimum atomic E-state index is -1.14. The van der Waals surface area contributed by atoms with Crippen molar-refractivity contribution in [2.75, 3.05) is 6.61 Å². The zero-order valence-corrected chi connectivity index (χ0v) is 24.8. The van der Waals surface area contributed by atoms with Crippen LogP contribution in [0.3, 0.4) is 0 Å². The van der Waals surface area contributed by atoms with Crippen LogP contribution < -0.4 is 22.1 Å². The number of amides is 4. The Kier molecular flexibility index (Phi) is 10.4. The van der Waals surface area contributed by atoms with Crippen LogP contribution in [-0.4, -0.2) is 70.1 Å². The van der Waals surface area contributed by atoms with Crippen LogP contribution in [0, 0.1) is 0 Å². The standard InChI is InChI=1S/C33H39N5O6/c1-33(2)38(32(43)25(34)17-23-13-15-24(39)16-14-23)28(20-44-33)31(42)37-27(19-22-11-7-4-8-12-22)30(41)36-26(29(35)40)18-21-9-5-3-6-10-21/h3-16,25-28,39H,17-20,34H2,1-2H3,(H2,35,40)(H,36,41)(H,37,42)/t25-,26-,27-,28-/m0/s1. The molecule has 1 saturated heterocycles. The van der Waals surface area contributed by atoms with Crippen molar-refractivity contribution < 1.29 is 29.0 Å². The van der Waals surface area contributed by atoms with Gasteiger partial charge in [-0.1, -0.05) is 72.8 Å². The maximum absolute atomic E-state index is 13.8. The summed E-state index contributed by atoms with van der Waals surface area (Å²) in [5.74, 6) is -2.31. The molecule has 0 spiro atoms. The van der Waals surface area contributed by atoms with E-state index in [1.807, 2.05) is 60.7 Å². The van der Waals surface area contributed by atoms with Crippen LogP contribution >= 0.6 is 0 Å². The molecule has 232 valence electrons. The van der Waals surface area contributed by atoms with Crippen molar-refractivity contribution in [3.05, 3.63) is 102 Å². The van der Waals surface area contributed by atoms with Crippen LogP contribution in [0.2, 0.25) is 0 Å². The number of nitrogens with zero attached hydrogens (tertiary/aromatic N) is 1. The van der Waals surface area contributed by atoms with E-state index in [0.717, 1.165) is 16.7 Å². The Morgan fingerprint density at radius 2 is 1.36 bits per heavy atom. The van der Waals surface area contributed by atoms with Gasteiger partial charge in [0.15, 0.2) is 0 Å². The lowest BCUT2D eigenvalue weighted by Crippen LogP contribution is -2.61. The van der Waals surface area contributed by atoms with Gasteiger partial charge in [-0.2, -0.15) is 0 Å². The summed E-state index contributed by atoms with van der Waals surface area (Å²) in [7, 11) is 0. The highest BCUT2D eigenvalue weighted by Crippen LogP contribution is 2.29. The van der Waals surface area contributed by atoms with Gasteiger partial charge in [0.1, 0.15) is 29.6 Å². The normalized spacial score (nSPS) is 17.7. The number of primary amides is 1. The Morgan fingerprint density at radius 3 is 1.91 bits per heavy atom. The van der Waals surface area contributed by atoms with Crippen LogP contribution in [0.15, 0.2) is 84.9 Å². The number of benzene rings is 3. The van der Waals surface area contributed by atoms with Gasteiger partial charge in [-0.3, -0.25) is 24.1 Å². The summed E-state index contributed by atoms with van der Waals surface area (Å²) in [6.45, 7) is 3.23. The van der Waals surface area contributed by atoms with Gasteiger partial charge in [-0.15, -0.1) is 0 Å². The summed E-state index contributed by atoms with van der Waals surface area (Å²) in [5, 5.41) is 15.1. The van der Waals surface area contributed by atoms with Crippen molar-refractivity contribution in [2.45, 2.75) is 63.0 Å². The van der Waals surface area contributed by atoms with Gasteiger partial charge in [-0.25, -0.2) is 0 Å². The van der Waals surface area contributed by atoms with Crippen LogP contribution in [-0.2, 0) is 43.2 Å². The van der Waals surface area contributed by atoms with Crippen molar-refractivity contribution in [1.29, 1.82) is 0 Å². The van der Waals surface area contributed by atoms with E-state index < -0.39 is 53.5 Å². The van der Waals surface area contributed by atoms with Gasteiger partial charge in [0.2, 0.25) is 23.6 Å². The molecule has 44 heavy (non-hydrogen) atoms. The molecule has 0 radical (unpaired) electrons. The number of hydrogen-bond acceptors (Lipinski definition) is 7. The maximum atomic E-state index is 13.8. The summed E-state index contributed by atoms with van der Waals surface area (Å²) >= 11 is 0. The molecule has 1 fully saturated rings. The summed E-state index contributed by atoms with van der Waals surface area (Å²) in [6.07, 6.45) is 0.481. The minimum absolute atomic E-state index is 0.0933. The molecule has 3 aromatic carbocycles. The van der Waals surface area contributed by atoms with Gasteiger partial charge in [0, 0.05) is 12.8 Å². The number of carbonyl (C=O) groups is 4. The lowest BCUT2D eigenvalue weighted by molar-refractivity contribution is -0.151. The number of nitrogens with one attached hydrogen (secondary N) is 2. The van der Waals surface area contributed by atoms with Gasteiger partial charge in [0.05, 0.1) is 12.6 Å². The monoisotopic (exact) mass is 601 g/mol. The first kappa shape index (κ1) is 32.2. The highest BCUT2D eigenvalue weighted by molar-refractivity contribution is 5.95. The molecule has 0 aromatic heterocycles. The van der Waals surface area contributed by atoms with E-state index in [-0.39, 0.29) is 31.6 Å². The van der Waals surface area contributed by atoms with Crippen molar-refractivity contribution in [1.82, 2.24) is 15.5 Å². The maximum Gasteiger partial charge on any atom is 0.245 e. The fourth-order valence-corrected chi connectivity index (χ4v) is 5.24. The molecular weight excluding hydrogens is 562 g/mol. The van der Waals surface area contributed by atoms with Crippen molar-refractivity contribution in [3.63, 3.8) is 0 Å². The highest BCUT2D eigenvalue weighted by Gasteiger charge is 2.48. The van der Waals surface area contributed by atoms with Crippen molar-refractivity contribution >= 4 is 23.6 Å². The molecule has 11 nitrogen and oxygen atoms in total. The van der Waals surface area contributed by atoms with Gasteiger partial charge in [-0.05, 0) is 49.1 Å². The largest absolute Gasteiger partial charge is 0.508 e. The molecule has 1 aliphatic heterocycles. The number of aromatic hydroxyl groups is 1.